The van der Waals surface area contributed by atoms with Crippen molar-refractivity contribution in [2.45, 2.75) is 18.2 Å². The maximum absolute atomic E-state index is 12.0. The monoisotopic (exact) mass is 335 g/mol. The summed E-state index contributed by atoms with van der Waals surface area (Å²) in [6.45, 7) is 0.618. The molecule has 1 unspecified atom stereocenters. The van der Waals surface area contributed by atoms with Crippen molar-refractivity contribution in [1.29, 1.82) is 0 Å². The van der Waals surface area contributed by atoms with E-state index in [2.05, 4.69) is 4.72 Å². The molecule has 9 heteroatoms. The number of hydrogen-bond donors (Lipinski definition) is 3. The Morgan fingerprint density at radius 1 is 1.24 bits per heavy atom. The standard InChI is InChI=1S/C12H14ClNO6S/c1-12(11(17)18,6-10(15)16)7-14-21(19,20)9-4-2-8(13)3-5-9/h2-5,14H,6-7H2,1H3,(H,15,16)(H,17,18). The second-order valence-corrected chi connectivity index (χ2v) is 6.92. The van der Waals surface area contributed by atoms with E-state index in [4.69, 9.17) is 21.8 Å². The number of hydrogen-bond acceptors (Lipinski definition) is 4. The van der Waals surface area contributed by atoms with E-state index in [0.717, 1.165) is 6.92 Å². The van der Waals surface area contributed by atoms with Crippen molar-refractivity contribution in [3.63, 3.8) is 0 Å². The number of sulfonamides is 1. The minimum Gasteiger partial charge on any atom is -0.481 e. The van der Waals surface area contributed by atoms with Crippen LogP contribution in [0.1, 0.15) is 13.3 Å². The highest BCUT2D eigenvalue weighted by molar-refractivity contribution is 7.89. The first-order valence-electron chi connectivity index (χ1n) is 5.77. The minimum atomic E-state index is -3.94. The fourth-order valence-corrected chi connectivity index (χ4v) is 2.79. The molecule has 1 aromatic rings. The van der Waals surface area contributed by atoms with Crippen LogP contribution in [0.15, 0.2) is 29.2 Å². The average molecular weight is 336 g/mol. The highest BCUT2D eigenvalue weighted by atomic mass is 35.5. The second-order valence-electron chi connectivity index (χ2n) is 4.71. The predicted molar refractivity (Wildman–Crippen MR) is 74.6 cm³/mol. The largest absolute Gasteiger partial charge is 0.481 e. The molecule has 0 aliphatic rings. The van der Waals surface area contributed by atoms with Gasteiger partial charge in [-0.15, -0.1) is 0 Å². The molecule has 1 rings (SSSR count). The summed E-state index contributed by atoms with van der Waals surface area (Å²) in [5.41, 5.74) is -1.74. The third kappa shape index (κ3) is 4.69. The number of carbonyl (C=O) groups is 2. The van der Waals surface area contributed by atoms with Gasteiger partial charge in [0.15, 0.2) is 0 Å². The van der Waals surface area contributed by atoms with Crippen LogP contribution in [0.4, 0.5) is 0 Å². The predicted octanol–water partition coefficient (Wildman–Crippen LogP) is 1.18. The molecule has 21 heavy (non-hydrogen) atoms. The van der Waals surface area contributed by atoms with Crippen molar-refractivity contribution in [2.24, 2.45) is 5.41 Å². The van der Waals surface area contributed by atoms with E-state index < -0.39 is 40.3 Å². The fraction of sp³-hybridized carbons (Fsp3) is 0.333. The average Bonchev–Trinajstić information content (AvgIpc) is 2.36. The van der Waals surface area contributed by atoms with Crippen LogP contribution in [-0.2, 0) is 19.6 Å². The van der Waals surface area contributed by atoms with Gasteiger partial charge in [-0.1, -0.05) is 11.6 Å². The quantitative estimate of drug-likeness (QED) is 0.688. The summed E-state index contributed by atoms with van der Waals surface area (Å²) < 4.78 is 26.1. The summed E-state index contributed by atoms with van der Waals surface area (Å²) in [5.74, 6) is -2.73. The van der Waals surface area contributed by atoms with Gasteiger partial charge in [0.1, 0.15) is 0 Å². The van der Waals surface area contributed by atoms with Gasteiger partial charge in [-0.05, 0) is 31.2 Å². The van der Waals surface area contributed by atoms with E-state index in [1.807, 2.05) is 0 Å². The number of rotatable bonds is 7. The van der Waals surface area contributed by atoms with Crippen molar-refractivity contribution < 1.29 is 28.2 Å². The van der Waals surface area contributed by atoms with Gasteiger partial charge in [0.2, 0.25) is 10.0 Å². The Hall–Kier alpha value is -1.64. The van der Waals surface area contributed by atoms with E-state index in [0.29, 0.717) is 5.02 Å². The molecular weight excluding hydrogens is 322 g/mol. The van der Waals surface area contributed by atoms with Gasteiger partial charge in [-0.3, -0.25) is 9.59 Å². The van der Waals surface area contributed by atoms with Crippen LogP contribution in [0.25, 0.3) is 0 Å². The van der Waals surface area contributed by atoms with Crippen LogP contribution in [0.3, 0.4) is 0 Å². The van der Waals surface area contributed by atoms with Crippen LogP contribution in [0.5, 0.6) is 0 Å². The van der Waals surface area contributed by atoms with Gasteiger partial charge < -0.3 is 10.2 Å². The topological polar surface area (TPSA) is 121 Å². The summed E-state index contributed by atoms with van der Waals surface area (Å²) >= 11 is 5.65. The lowest BCUT2D eigenvalue weighted by atomic mass is 9.87. The molecule has 1 aromatic carbocycles. The molecule has 0 amide bonds. The van der Waals surface area contributed by atoms with Gasteiger partial charge in [0.25, 0.3) is 0 Å². The first kappa shape index (κ1) is 17.4. The Balaban J connectivity index is 2.91. The van der Waals surface area contributed by atoms with Crippen LogP contribution in [-0.4, -0.2) is 37.1 Å². The van der Waals surface area contributed by atoms with Gasteiger partial charge in [-0.2, -0.15) is 0 Å². The highest BCUT2D eigenvalue weighted by Gasteiger charge is 2.37. The molecule has 0 aromatic heterocycles. The fourth-order valence-electron chi connectivity index (χ4n) is 1.50. The summed E-state index contributed by atoms with van der Waals surface area (Å²) in [6.07, 6.45) is -0.703. The van der Waals surface area contributed by atoms with Crippen LogP contribution < -0.4 is 4.72 Å². The second kappa shape index (κ2) is 6.42. The molecule has 0 radical (unpaired) electrons. The smallest absolute Gasteiger partial charge is 0.311 e. The lowest BCUT2D eigenvalue weighted by molar-refractivity contribution is -0.154. The molecule has 0 heterocycles. The van der Waals surface area contributed by atoms with E-state index in [-0.39, 0.29) is 4.90 Å². The Morgan fingerprint density at radius 2 is 1.76 bits per heavy atom. The Morgan fingerprint density at radius 3 is 2.19 bits per heavy atom. The molecule has 0 spiro atoms. The van der Waals surface area contributed by atoms with Crippen molar-refractivity contribution in [2.75, 3.05) is 6.54 Å². The summed E-state index contributed by atoms with van der Waals surface area (Å²) in [5, 5.41) is 18.1. The molecule has 7 nitrogen and oxygen atoms in total. The molecular formula is C12H14ClNO6S. The van der Waals surface area contributed by atoms with Crippen molar-refractivity contribution in [3.8, 4) is 0 Å². The number of benzene rings is 1. The molecule has 1 atom stereocenters. The lowest BCUT2D eigenvalue weighted by Gasteiger charge is -2.23. The van der Waals surface area contributed by atoms with E-state index in [1.54, 1.807) is 0 Å². The van der Waals surface area contributed by atoms with Crippen molar-refractivity contribution >= 4 is 33.6 Å². The molecule has 0 fully saturated rings. The van der Waals surface area contributed by atoms with Crippen LogP contribution in [0.2, 0.25) is 5.02 Å². The molecule has 0 aliphatic heterocycles. The van der Waals surface area contributed by atoms with E-state index in [9.17, 15) is 18.0 Å². The maximum Gasteiger partial charge on any atom is 0.311 e. The van der Waals surface area contributed by atoms with Crippen LogP contribution >= 0.6 is 11.6 Å². The number of aliphatic carboxylic acids is 2. The first-order chi connectivity index (χ1) is 9.57. The zero-order valence-electron chi connectivity index (χ0n) is 11.0. The van der Waals surface area contributed by atoms with Gasteiger partial charge in [0, 0.05) is 11.6 Å². The van der Waals surface area contributed by atoms with E-state index >= 15 is 0 Å². The first-order valence-corrected chi connectivity index (χ1v) is 7.63. The third-order valence-corrected chi connectivity index (χ3v) is 4.50. The van der Waals surface area contributed by atoms with Crippen molar-refractivity contribution in [3.05, 3.63) is 29.3 Å². The Labute approximate surface area is 126 Å². The zero-order valence-corrected chi connectivity index (χ0v) is 12.6. The summed E-state index contributed by atoms with van der Waals surface area (Å²) in [4.78, 5) is 21.7. The van der Waals surface area contributed by atoms with Gasteiger partial charge in [0.05, 0.1) is 16.7 Å². The summed E-state index contributed by atoms with van der Waals surface area (Å²) in [7, 11) is -3.94. The molecule has 0 bridgehead atoms. The normalized spacial score (nSPS) is 14.4. The highest BCUT2D eigenvalue weighted by Crippen LogP contribution is 2.22. The number of nitrogens with one attached hydrogen (secondary N) is 1. The lowest BCUT2D eigenvalue weighted by Crippen LogP contribution is -2.42. The molecule has 0 saturated heterocycles. The maximum atomic E-state index is 12.0. The molecule has 0 aliphatic carbocycles. The molecule has 116 valence electrons. The van der Waals surface area contributed by atoms with Crippen molar-refractivity contribution in [1.82, 2.24) is 4.72 Å². The molecule has 3 N–H and O–H groups in total. The number of carboxylic acids is 2. The SMILES string of the molecule is CC(CNS(=O)(=O)c1ccc(Cl)cc1)(CC(=O)O)C(=O)O. The number of carboxylic acid groups (broad SMARTS) is 2. The Kier molecular flexibility index (Phi) is 5.32. The van der Waals surface area contributed by atoms with Crippen LogP contribution in [0, 0.1) is 5.41 Å². The third-order valence-electron chi connectivity index (χ3n) is 2.83. The Bertz CT molecular complexity index is 642. The van der Waals surface area contributed by atoms with E-state index in [1.165, 1.54) is 24.3 Å². The molecule has 0 saturated carbocycles. The van der Waals surface area contributed by atoms with Gasteiger partial charge in [-0.25, -0.2) is 13.1 Å². The van der Waals surface area contributed by atoms with Gasteiger partial charge >= 0.3 is 11.9 Å². The number of halogens is 1. The zero-order chi connectivity index (χ0) is 16.3. The minimum absolute atomic E-state index is 0.0880. The summed E-state index contributed by atoms with van der Waals surface area (Å²) in [6, 6.07) is 5.29.